The van der Waals surface area contributed by atoms with Crippen molar-refractivity contribution < 1.29 is 0 Å². The highest BCUT2D eigenvalue weighted by molar-refractivity contribution is 5.85. The fourth-order valence-corrected chi connectivity index (χ4v) is 1.62. The number of nitrogens with zero attached hydrogens (tertiary/aromatic N) is 1. The van der Waals surface area contributed by atoms with E-state index in [2.05, 4.69) is 51.7 Å². The minimum absolute atomic E-state index is 1.02. The third kappa shape index (κ3) is 2.44. The van der Waals surface area contributed by atoms with Crippen molar-refractivity contribution in [1.29, 1.82) is 0 Å². The molecule has 0 unspecified atom stereocenters. The lowest BCUT2D eigenvalue weighted by Gasteiger charge is -2.07. The smallest absolute Gasteiger partial charge is 0.0687 e. The molecule has 14 heavy (non-hydrogen) atoms. The minimum Gasteiger partial charge on any atom is -0.258 e. The zero-order chi connectivity index (χ0) is 10.7. The van der Waals surface area contributed by atoms with E-state index in [9.17, 15) is 0 Å². The number of aliphatic imine (C=N–C) groups is 1. The van der Waals surface area contributed by atoms with Crippen LogP contribution in [0.15, 0.2) is 17.1 Å². The van der Waals surface area contributed by atoms with Crippen molar-refractivity contribution in [2.45, 2.75) is 41.0 Å². The van der Waals surface area contributed by atoms with Gasteiger partial charge in [0.05, 0.1) is 5.69 Å². The summed E-state index contributed by atoms with van der Waals surface area (Å²) in [5.74, 6) is 0. The summed E-state index contributed by atoms with van der Waals surface area (Å²) >= 11 is 0. The van der Waals surface area contributed by atoms with Gasteiger partial charge < -0.3 is 0 Å². The Balaban J connectivity index is 3.21. The van der Waals surface area contributed by atoms with Gasteiger partial charge in [-0.05, 0) is 45.2 Å². The molecule has 0 fully saturated rings. The average molecular weight is 189 g/mol. The van der Waals surface area contributed by atoms with Gasteiger partial charge in [-0.3, -0.25) is 4.99 Å². The highest BCUT2D eigenvalue weighted by atomic mass is 14.7. The van der Waals surface area contributed by atoms with Gasteiger partial charge in [-0.1, -0.05) is 24.6 Å². The monoisotopic (exact) mass is 189 g/mol. The Bertz CT molecular complexity index is 338. The molecule has 0 aromatic heterocycles. The maximum absolute atomic E-state index is 4.63. The van der Waals surface area contributed by atoms with E-state index in [-0.39, 0.29) is 0 Å². The van der Waals surface area contributed by atoms with Gasteiger partial charge in [0.1, 0.15) is 0 Å². The zero-order valence-corrected chi connectivity index (χ0v) is 9.81. The van der Waals surface area contributed by atoms with Crippen LogP contribution >= 0.6 is 0 Å². The summed E-state index contributed by atoms with van der Waals surface area (Å²) in [5, 5.41) is 0. The molecule has 0 atom stereocenters. The van der Waals surface area contributed by atoms with E-state index in [1.807, 2.05) is 0 Å². The van der Waals surface area contributed by atoms with Gasteiger partial charge in [-0.15, -0.1) is 0 Å². The molecule has 0 spiro atoms. The fourth-order valence-electron chi connectivity index (χ4n) is 1.62. The summed E-state index contributed by atoms with van der Waals surface area (Å²) in [6.07, 6.45) is 1.02. The number of benzene rings is 1. The molecule has 76 valence electrons. The first kappa shape index (κ1) is 11.0. The van der Waals surface area contributed by atoms with Crippen molar-refractivity contribution in [3.63, 3.8) is 0 Å². The predicted molar refractivity (Wildman–Crippen MR) is 63.7 cm³/mol. The molecule has 0 heterocycles. The Morgan fingerprint density at radius 1 is 1.14 bits per heavy atom. The highest BCUT2D eigenvalue weighted by Crippen LogP contribution is 2.25. The summed E-state index contributed by atoms with van der Waals surface area (Å²) in [6.45, 7) is 10.6. The second-order valence-electron chi connectivity index (χ2n) is 3.95. The summed E-state index contributed by atoms with van der Waals surface area (Å²) in [4.78, 5) is 4.63. The van der Waals surface area contributed by atoms with Crippen LogP contribution in [0.3, 0.4) is 0 Å². The molecular formula is C13H19N. The summed E-state index contributed by atoms with van der Waals surface area (Å²) in [5.41, 5.74) is 6.20. The summed E-state index contributed by atoms with van der Waals surface area (Å²) in [7, 11) is 0. The number of hydrogen-bond donors (Lipinski definition) is 0. The molecule has 0 aliphatic carbocycles. The second kappa shape index (κ2) is 4.41. The largest absolute Gasteiger partial charge is 0.258 e. The van der Waals surface area contributed by atoms with Crippen molar-refractivity contribution in [3.8, 4) is 0 Å². The zero-order valence-electron chi connectivity index (χ0n) is 9.81. The van der Waals surface area contributed by atoms with Crippen LogP contribution < -0.4 is 0 Å². The van der Waals surface area contributed by atoms with Crippen LogP contribution in [0.4, 0.5) is 5.69 Å². The molecule has 0 aliphatic rings. The van der Waals surface area contributed by atoms with Crippen molar-refractivity contribution >= 4 is 11.4 Å². The van der Waals surface area contributed by atoms with Crippen LogP contribution in [0.2, 0.25) is 0 Å². The molecule has 0 saturated heterocycles. The Kier molecular flexibility index (Phi) is 3.45. The Morgan fingerprint density at radius 2 is 1.64 bits per heavy atom. The van der Waals surface area contributed by atoms with Gasteiger partial charge in [0.2, 0.25) is 0 Å². The van der Waals surface area contributed by atoms with Gasteiger partial charge in [0.25, 0.3) is 0 Å². The van der Waals surface area contributed by atoms with Gasteiger partial charge in [-0.25, -0.2) is 0 Å². The molecule has 0 amide bonds. The quantitative estimate of drug-likeness (QED) is 0.621. The first-order valence-electron chi connectivity index (χ1n) is 5.16. The number of aryl methyl sites for hydroxylation is 3. The lowest BCUT2D eigenvalue weighted by molar-refractivity contribution is 1.22. The molecular weight excluding hydrogens is 170 g/mol. The predicted octanol–water partition coefficient (Wildman–Crippen LogP) is 4.11. The van der Waals surface area contributed by atoms with Gasteiger partial charge >= 0.3 is 0 Å². The molecule has 1 nitrogen and oxygen atoms in total. The van der Waals surface area contributed by atoms with Crippen LogP contribution in [0.1, 0.15) is 37.0 Å². The topological polar surface area (TPSA) is 12.4 Å². The summed E-state index contributed by atoms with van der Waals surface area (Å²) < 4.78 is 0. The van der Waals surface area contributed by atoms with Gasteiger partial charge in [0.15, 0.2) is 0 Å². The van der Waals surface area contributed by atoms with Crippen LogP contribution in [-0.4, -0.2) is 5.71 Å². The number of rotatable bonds is 2. The molecule has 1 rings (SSSR count). The third-order valence-corrected chi connectivity index (χ3v) is 2.45. The van der Waals surface area contributed by atoms with E-state index in [0.29, 0.717) is 0 Å². The molecule has 1 heteroatoms. The van der Waals surface area contributed by atoms with E-state index in [4.69, 9.17) is 0 Å². The van der Waals surface area contributed by atoms with Crippen molar-refractivity contribution in [2.24, 2.45) is 4.99 Å². The highest BCUT2D eigenvalue weighted by Gasteiger charge is 2.02. The Hall–Kier alpha value is -1.11. The lowest BCUT2D eigenvalue weighted by Crippen LogP contribution is -1.89. The van der Waals surface area contributed by atoms with Crippen LogP contribution in [0, 0.1) is 20.8 Å². The minimum atomic E-state index is 1.02. The van der Waals surface area contributed by atoms with E-state index in [0.717, 1.165) is 12.1 Å². The average Bonchev–Trinajstić information content (AvgIpc) is 2.10. The molecule has 0 saturated carbocycles. The molecule has 0 N–H and O–H groups in total. The van der Waals surface area contributed by atoms with Crippen molar-refractivity contribution in [2.75, 3.05) is 0 Å². The third-order valence-electron chi connectivity index (χ3n) is 2.45. The standard InChI is InChI=1S/C13H19N/c1-6-12(5)14-13-10(3)7-9(2)8-11(13)4/h7-8H,6H2,1-5H3. The first-order chi connectivity index (χ1) is 6.54. The van der Waals surface area contributed by atoms with E-state index < -0.39 is 0 Å². The van der Waals surface area contributed by atoms with Crippen LogP contribution in [0.5, 0.6) is 0 Å². The van der Waals surface area contributed by atoms with Crippen LogP contribution in [-0.2, 0) is 0 Å². The van der Waals surface area contributed by atoms with E-state index in [1.165, 1.54) is 22.4 Å². The van der Waals surface area contributed by atoms with E-state index in [1.54, 1.807) is 0 Å². The van der Waals surface area contributed by atoms with E-state index >= 15 is 0 Å². The maximum Gasteiger partial charge on any atom is 0.0687 e. The first-order valence-corrected chi connectivity index (χ1v) is 5.16. The molecule has 1 aromatic rings. The van der Waals surface area contributed by atoms with Gasteiger partial charge in [-0.2, -0.15) is 0 Å². The Labute approximate surface area is 86.9 Å². The van der Waals surface area contributed by atoms with Crippen molar-refractivity contribution in [3.05, 3.63) is 28.8 Å². The molecule has 1 aromatic carbocycles. The molecule has 0 aliphatic heterocycles. The normalized spacial score (nSPS) is 11.9. The summed E-state index contributed by atoms with van der Waals surface area (Å²) in [6, 6.07) is 4.38. The van der Waals surface area contributed by atoms with Gasteiger partial charge in [0, 0.05) is 5.71 Å². The number of hydrogen-bond acceptors (Lipinski definition) is 1. The maximum atomic E-state index is 4.63. The van der Waals surface area contributed by atoms with Crippen LogP contribution in [0.25, 0.3) is 0 Å². The Morgan fingerprint density at radius 3 is 2.07 bits per heavy atom. The second-order valence-corrected chi connectivity index (χ2v) is 3.95. The SMILES string of the molecule is CCC(C)=Nc1c(C)cc(C)cc1C. The molecule has 0 bridgehead atoms. The fraction of sp³-hybridized carbons (Fsp3) is 0.462. The molecule has 0 radical (unpaired) electrons. The van der Waals surface area contributed by atoms with Crippen molar-refractivity contribution in [1.82, 2.24) is 0 Å². The lowest BCUT2D eigenvalue weighted by atomic mass is 10.1.